The molecule has 4 heteroatoms. The molecule has 1 aromatic rings. The van der Waals surface area contributed by atoms with Gasteiger partial charge >= 0.3 is 0 Å². The van der Waals surface area contributed by atoms with Gasteiger partial charge in [-0.25, -0.2) is 0 Å². The van der Waals surface area contributed by atoms with E-state index < -0.39 is 0 Å². The summed E-state index contributed by atoms with van der Waals surface area (Å²) in [6, 6.07) is 3.40. The van der Waals surface area contributed by atoms with Crippen LogP contribution in [0.4, 0.5) is 0 Å². The monoisotopic (exact) mass is 252 g/mol. The molecule has 0 bridgehead atoms. The molecule has 0 atom stereocenters. The first-order valence-corrected chi connectivity index (χ1v) is 6.52. The minimum atomic E-state index is -0.166. The lowest BCUT2D eigenvalue weighted by atomic mass is 9.85. The number of nitrogens with two attached hydrogens (primary N) is 1. The average Bonchev–Trinajstić information content (AvgIpc) is 2.76. The van der Waals surface area contributed by atoms with Gasteiger partial charge in [0.2, 0.25) is 0 Å². The van der Waals surface area contributed by atoms with Crippen LogP contribution in [0.15, 0.2) is 16.5 Å². The second kappa shape index (κ2) is 6.59. The van der Waals surface area contributed by atoms with Crippen LogP contribution in [-0.4, -0.2) is 12.5 Å². The topological polar surface area (TPSA) is 68.3 Å². The van der Waals surface area contributed by atoms with Crippen LogP contribution in [0.2, 0.25) is 0 Å². The summed E-state index contributed by atoms with van der Waals surface area (Å²) >= 11 is 0. The molecule has 1 heterocycles. The molecule has 0 aromatic carbocycles. The molecule has 102 valence electrons. The largest absolute Gasteiger partial charge is 0.455 e. The summed E-state index contributed by atoms with van der Waals surface area (Å²) in [4.78, 5) is 11.9. The van der Waals surface area contributed by atoms with Crippen LogP contribution in [0, 0.1) is 17.8 Å². The van der Waals surface area contributed by atoms with Crippen molar-refractivity contribution in [2.24, 2.45) is 23.5 Å². The Morgan fingerprint density at radius 2 is 1.89 bits per heavy atom. The van der Waals surface area contributed by atoms with Gasteiger partial charge in [-0.2, -0.15) is 0 Å². The molecule has 0 aliphatic carbocycles. The summed E-state index contributed by atoms with van der Waals surface area (Å²) in [6.07, 6.45) is 0. The molecule has 0 unspecified atom stereocenters. The molecule has 4 nitrogen and oxygen atoms in total. The maximum absolute atomic E-state index is 11.9. The molecule has 0 fully saturated rings. The highest BCUT2D eigenvalue weighted by Gasteiger charge is 2.19. The third kappa shape index (κ3) is 3.88. The highest BCUT2D eigenvalue weighted by atomic mass is 16.4. The Kier molecular flexibility index (Phi) is 5.41. The van der Waals surface area contributed by atoms with Gasteiger partial charge in [0.25, 0.3) is 5.91 Å². The number of carbonyl (C=O) groups excluding carboxylic acids is 1. The van der Waals surface area contributed by atoms with Crippen molar-refractivity contribution in [2.75, 3.05) is 6.54 Å². The van der Waals surface area contributed by atoms with E-state index in [1.54, 1.807) is 12.1 Å². The molecular formula is C14H24N2O2. The van der Waals surface area contributed by atoms with Crippen LogP contribution in [0.3, 0.4) is 0 Å². The van der Waals surface area contributed by atoms with E-state index in [2.05, 4.69) is 33.0 Å². The Morgan fingerprint density at radius 3 is 2.33 bits per heavy atom. The molecule has 1 amide bonds. The first kappa shape index (κ1) is 14.8. The number of hydrogen-bond acceptors (Lipinski definition) is 3. The second-order valence-corrected chi connectivity index (χ2v) is 5.33. The summed E-state index contributed by atoms with van der Waals surface area (Å²) in [5.74, 6) is 2.35. The first-order chi connectivity index (χ1) is 8.45. The summed E-state index contributed by atoms with van der Waals surface area (Å²) in [6.45, 7) is 9.69. The summed E-state index contributed by atoms with van der Waals surface area (Å²) in [7, 11) is 0. The van der Waals surface area contributed by atoms with E-state index in [4.69, 9.17) is 10.2 Å². The van der Waals surface area contributed by atoms with Crippen molar-refractivity contribution in [2.45, 2.75) is 34.2 Å². The highest BCUT2D eigenvalue weighted by Crippen LogP contribution is 2.19. The number of hydrogen-bond donors (Lipinski definition) is 2. The second-order valence-electron chi connectivity index (χ2n) is 5.33. The van der Waals surface area contributed by atoms with Crippen LogP contribution >= 0.6 is 0 Å². The van der Waals surface area contributed by atoms with E-state index in [9.17, 15) is 4.79 Å². The van der Waals surface area contributed by atoms with Crippen molar-refractivity contribution < 1.29 is 9.21 Å². The minimum absolute atomic E-state index is 0.166. The van der Waals surface area contributed by atoms with Crippen LogP contribution in [0.1, 0.15) is 44.0 Å². The normalized spacial score (nSPS) is 11.6. The number of nitrogens with one attached hydrogen (secondary N) is 1. The van der Waals surface area contributed by atoms with Crippen molar-refractivity contribution in [3.63, 3.8) is 0 Å². The van der Waals surface area contributed by atoms with Gasteiger partial charge in [0.15, 0.2) is 5.76 Å². The zero-order chi connectivity index (χ0) is 13.7. The Balaban J connectivity index is 2.54. The third-order valence-corrected chi connectivity index (χ3v) is 3.30. The van der Waals surface area contributed by atoms with Crippen LogP contribution in [-0.2, 0) is 6.54 Å². The van der Waals surface area contributed by atoms with Gasteiger partial charge in [-0.3, -0.25) is 4.79 Å². The standard InChI is InChI=1S/C14H24N2O2/c1-9(2)12(10(3)4)8-16-14(17)13-6-5-11(7-15)18-13/h5-6,9-10,12H,7-8,15H2,1-4H3,(H,16,17). The van der Waals surface area contributed by atoms with Gasteiger partial charge in [-0.15, -0.1) is 0 Å². The van der Waals surface area contributed by atoms with Gasteiger partial charge in [0, 0.05) is 6.54 Å². The Labute approximate surface area is 109 Å². The van der Waals surface area contributed by atoms with Gasteiger partial charge < -0.3 is 15.5 Å². The van der Waals surface area contributed by atoms with E-state index >= 15 is 0 Å². The van der Waals surface area contributed by atoms with Crippen LogP contribution in [0.5, 0.6) is 0 Å². The maximum atomic E-state index is 11.9. The average molecular weight is 252 g/mol. The fourth-order valence-corrected chi connectivity index (χ4v) is 2.15. The highest BCUT2D eigenvalue weighted by molar-refractivity contribution is 5.91. The fourth-order valence-electron chi connectivity index (χ4n) is 2.15. The minimum Gasteiger partial charge on any atom is -0.455 e. The van der Waals surface area contributed by atoms with Crippen molar-refractivity contribution in [3.05, 3.63) is 23.7 Å². The van der Waals surface area contributed by atoms with E-state index in [1.165, 1.54) is 0 Å². The number of amides is 1. The van der Waals surface area contributed by atoms with Gasteiger partial charge in [0.05, 0.1) is 6.54 Å². The molecule has 0 saturated carbocycles. The molecule has 0 aliphatic heterocycles. The summed E-state index contributed by atoms with van der Waals surface area (Å²) in [5.41, 5.74) is 5.44. The Hall–Kier alpha value is -1.29. The number of furan rings is 1. The molecule has 0 aliphatic rings. The van der Waals surface area contributed by atoms with Crippen molar-refractivity contribution in [1.82, 2.24) is 5.32 Å². The van der Waals surface area contributed by atoms with Crippen molar-refractivity contribution >= 4 is 5.91 Å². The molecule has 18 heavy (non-hydrogen) atoms. The van der Waals surface area contributed by atoms with Crippen molar-refractivity contribution in [3.8, 4) is 0 Å². The lowest BCUT2D eigenvalue weighted by Gasteiger charge is -2.24. The SMILES string of the molecule is CC(C)C(CNC(=O)c1ccc(CN)o1)C(C)C. The number of rotatable bonds is 6. The Bertz CT molecular complexity index is 375. The fraction of sp³-hybridized carbons (Fsp3) is 0.643. The van der Waals surface area contributed by atoms with E-state index in [1.807, 2.05) is 0 Å². The molecule has 0 radical (unpaired) electrons. The molecule has 0 spiro atoms. The van der Waals surface area contributed by atoms with Crippen LogP contribution < -0.4 is 11.1 Å². The zero-order valence-electron chi connectivity index (χ0n) is 11.7. The van der Waals surface area contributed by atoms with Gasteiger partial charge in [0.1, 0.15) is 5.76 Å². The molecule has 0 saturated heterocycles. The van der Waals surface area contributed by atoms with E-state index in [0.717, 1.165) is 0 Å². The summed E-state index contributed by atoms with van der Waals surface area (Å²) < 4.78 is 5.31. The molecule has 3 N–H and O–H groups in total. The zero-order valence-corrected chi connectivity index (χ0v) is 11.7. The molecular weight excluding hydrogens is 228 g/mol. The predicted octanol–water partition coefficient (Wildman–Crippen LogP) is 2.40. The third-order valence-electron chi connectivity index (χ3n) is 3.30. The maximum Gasteiger partial charge on any atom is 0.287 e. The molecule has 1 rings (SSSR count). The number of carbonyl (C=O) groups is 1. The van der Waals surface area contributed by atoms with Crippen molar-refractivity contribution in [1.29, 1.82) is 0 Å². The Morgan fingerprint density at radius 1 is 1.28 bits per heavy atom. The summed E-state index contributed by atoms with van der Waals surface area (Å²) in [5, 5.41) is 2.93. The predicted molar refractivity (Wildman–Crippen MR) is 72.1 cm³/mol. The van der Waals surface area contributed by atoms with Crippen LogP contribution in [0.25, 0.3) is 0 Å². The first-order valence-electron chi connectivity index (χ1n) is 6.52. The van der Waals surface area contributed by atoms with E-state index in [0.29, 0.717) is 42.4 Å². The van der Waals surface area contributed by atoms with Gasteiger partial charge in [-0.05, 0) is 29.9 Å². The van der Waals surface area contributed by atoms with Gasteiger partial charge in [-0.1, -0.05) is 27.7 Å². The van der Waals surface area contributed by atoms with E-state index in [-0.39, 0.29) is 5.91 Å². The smallest absolute Gasteiger partial charge is 0.287 e. The molecule has 1 aromatic heterocycles. The lowest BCUT2D eigenvalue weighted by Crippen LogP contribution is -2.33. The lowest BCUT2D eigenvalue weighted by molar-refractivity contribution is 0.0907. The quantitative estimate of drug-likeness (QED) is 0.817.